The van der Waals surface area contributed by atoms with E-state index in [1.165, 1.54) is 115 Å². The summed E-state index contributed by atoms with van der Waals surface area (Å²) in [5.74, 6) is 2.60. The van der Waals surface area contributed by atoms with Crippen LogP contribution >= 0.6 is 57.1 Å². The number of hydrogen-bond donors (Lipinski definition) is 10. The molecule has 39 nitrogen and oxygen atoms in total. The van der Waals surface area contributed by atoms with Gasteiger partial charge in [0.2, 0.25) is 49.1 Å². The number of sulfonamides is 4. The predicted octanol–water partition coefficient (Wildman–Crippen LogP) is 16.3. The number of nitro benzene ring substituents is 2. The van der Waals surface area contributed by atoms with E-state index < -0.39 is 64.7 Å². The van der Waals surface area contributed by atoms with Gasteiger partial charge in [0, 0.05) is 93.0 Å². The highest BCUT2D eigenvalue weighted by Crippen LogP contribution is 2.33. The summed E-state index contributed by atoms with van der Waals surface area (Å²) in [5.41, 5.74) is 25.1. The smallest absolute Gasteiger partial charge is 0.269 e. The Morgan fingerprint density at radius 1 is 0.362 bits per heavy atom. The summed E-state index contributed by atoms with van der Waals surface area (Å²) in [6, 6.07) is 68.3. The van der Waals surface area contributed by atoms with Crippen molar-refractivity contribution >= 4 is 146 Å². The number of halogens is 5. The van der Waals surface area contributed by atoms with E-state index >= 15 is 0 Å². The second kappa shape index (κ2) is 62.3. The quantitative estimate of drug-likeness (QED) is 0.00657. The maximum absolute atomic E-state index is 11.8. The summed E-state index contributed by atoms with van der Waals surface area (Å²) in [6.07, 6.45) is 5.68. The normalized spacial score (nSPS) is 10.6. The van der Waals surface area contributed by atoms with Gasteiger partial charge in [0.15, 0.2) is 0 Å². The molecule has 13 rings (SSSR count). The van der Waals surface area contributed by atoms with Crippen LogP contribution in [0.3, 0.4) is 0 Å². The number of para-hydroxylation sites is 5. The van der Waals surface area contributed by atoms with E-state index in [0.717, 1.165) is 56.7 Å². The molecule has 0 fully saturated rings. The Balaban J connectivity index is 0.000000405. The lowest BCUT2D eigenvalue weighted by Gasteiger charge is -2.12. The average Bonchev–Trinajstić information content (AvgIpc) is 0.838. The SMILES string of the molecule is C.CCOc1ccccc1-c1cc(Cl)ncn1.CCOc1ccccc1-c1cc(Cl)ncn1.CCOc1ccccc1-c1cc(Nc2cccc(CS(=O)(=O)NC)c2)ncn1.CCOc1ccccc1N(O)O.CN.CNS(=O)(=O)Cc1cccc(N)c1.CNS(=O)(=O)Cc1cccc(N)c1.CNS(=O)(=O)Cc1cccc([N+](=O)[O-])c1.Clc1cc(Cl)ncn1.O=[N+]([O-])c1cccc(CS(=O)(=O)Cl)c1. The molecule has 0 bridgehead atoms. The third kappa shape index (κ3) is 47.0. The Bertz CT molecular complexity index is 6410. The molecular weight excluding hydrogens is 1990 g/mol. The van der Waals surface area contributed by atoms with Gasteiger partial charge in [-0.1, -0.05) is 163 Å². The van der Waals surface area contributed by atoms with E-state index in [4.69, 9.17) is 97.9 Å². The second-order valence-corrected chi connectivity index (χ2v) is 38.6. The van der Waals surface area contributed by atoms with Gasteiger partial charge in [-0.05, 0) is 176 Å². The molecule has 4 heterocycles. The molecule has 4 aromatic heterocycles. The Labute approximate surface area is 826 Å². The summed E-state index contributed by atoms with van der Waals surface area (Å²) in [4.78, 5) is 51.5. The van der Waals surface area contributed by atoms with Crippen molar-refractivity contribution in [3.05, 3.63) is 337 Å². The Morgan fingerprint density at radius 3 is 0.971 bits per heavy atom. The molecule has 742 valence electrons. The Kier molecular flexibility index (Phi) is 54.0. The third-order valence-corrected chi connectivity index (χ3v) is 23.8. The molecule has 138 heavy (non-hydrogen) atoms. The minimum Gasteiger partial charge on any atom is -0.493 e. The van der Waals surface area contributed by atoms with Crippen molar-refractivity contribution in [2.45, 2.75) is 63.9 Å². The van der Waals surface area contributed by atoms with Crippen LogP contribution in [0.4, 0.5) is 39.9 Å². The zero-order valence-corrected chi connectivity index (χ0v) is 83.0. The van der Waals surface area contributed by atoms with Crippen LogP contribution in [0.15, 0.2) is 268 Å². The van der Waals surface area contributed by atoms with Gasteiger partial charge < -0.3 is 41.5 Å². The lowest BCUT2D eigenvalue weighted by molar-refractivity contribution is -0.385. The number of anilines is 5. The van der Waals surface area contributed by atoms with Crippen LogP contribution in [0.5, 0.6) is 23.0 Å². The first kappa shape index (κ1) is 120. The molecule has 0 aliphatic rings. The van der Waals surface area contributed by atoms with Crippen LogP contribution in [0.2, 0.25) is 20.6 Å². The van der Waals surface area contributed by atoms with Crippen molar-refractivity contribution in [1.29, 1.82) is 0 Å². The summed E-state index contributed by atoms with van der Waals surface area (Å²) in [5, 5.41) is 43.1. The molecule has 0 atom stereocenters. The number of rotatable bonds is 30. The number of non-ortho nitro benzene ring substituents is 2. The molecule has 13 aromatic rings. The van der Waals surface area contributed by atoms with Crippen molar-refractivity contribution in [1.82, 2.24) is 58.8 Å². The van der Waals surface area contributed by atoms with Gasteiger partial charge in [0.1, 0.15) is 80.4 Å². The van der Waals surface area contributed by atoms with E-state index in [1.54, 1.807) is 103 Å². The number of aromatic nitrogens is 8. The lowest BCUT2D eigenvalue weighted by atomic mass is 10.1. The van der Waals surface area contributed by atoms with Gasteiger partial charge in [-0.2, -0.15) is 0 Å². The van der Waals surface area contributed by atoms with Crippen LogP contribution < -0.4 is 65.6 Å². The van der Waals surface area contributed by atoms with Gasteiger partial charge in [-0.3, -0.25) is 30.6 Å². The Morgan fingerprint density at radius 2 is 0.652 bits per heavy atom. The first-order valence-electron chi connectivity index (χ1n) is 40.2. The number of nitrogens with two attached hydrogens (primary N) is 3. The van der Waals surface area contributed by atoms with Gasteiger partial charge in [-0.25, -0.2) is 101 Å². The molecule has 0 aliphatic carbocycles. The molecule has 0 radical (unpaired) electrons. The van der Waals surface area contributed by atoms with Gasteiger partial charge in [0.05, 0.1) is 82.1 Å². The highest BCUT2D eigenvalue weighted by molar-refractivity contribution is 8.13. The van der Waals surface area contributed by atoms with Crippen LogP contribution in [-0.2, 0) is 77.9 Å². The molecule has 0 saturated heterocycles. The summed E-state index contributed by atoms with van der Waals surface area (Å²) in [7, 11) is -4.80. The highest BCUT2D eigenvalue weighted by atomic mass is 35.7. The number of nitrogen functional groups attached to an aromatic ring is 2. The highest BCUT2D eigenvalue weighted by Gasteiger charge is 2.18. The monoisotopic (exact) mass is 2100 g/mol. The fourth-order valence-electron chi connectivity index (χ4n) is 10.8. The maximum Gasteiger partial charge on any atom is 0.269 e. The van der Waals surface area contributed by atoms with Crippen molar-refractivity contribution in [2.24, 2.45) is 5.73 Å². The van der Waals surface area contributed by atoms with Crippen molar-refractivity contribution in [3.63, 3.8) is 0 Å². The summed E-state index contributed by atoms with van der Waals surface area (Å²) in [6.45, 7) is 9.96. The van der Waals surface area contributed by atoms with Crippen molar-refractivity contribution in [3.8, 4) is 56.8 Å². The molecule has 49 heteroatoms. The number of benzene rings is 9. The zero-order valence-electron chi connectivity index (χ0n) is 75.1. The first-order chi connectivity index (χ1) is 65.1. The Hall–Kier alpha value is -12.6. The summed E-state index contributed by atoms with van der Waals surface area (Å²) >= 11 is 22.5. The van der Waals surface area contributed by atoms with E-state index in [-0.39, 0.29) is 52.7 Å². The summed E-state index contributed by atoms with van der Waals surface area (Å²) < 4.78 is 143. The lowest BCUT2D eigenvalue weighted by Crippen LogP contribution is -2.20. The fraction of sp³-hybridized carbons (Fsp3) is 0.213. The average molecular weight is 2100 g/mol. The molecule has 13 N–H and O–H groups in total. The molecule has 0 unspecified atom stereocenters. The van der Waals surface area contributed by atoms with Crippen LogP contribution in [-0.4, -0.2) is 164 Å². The van der Waals surface area contributed by atoms with Crippen LogP contribution in [0.25, 0.3) is 33.8 Å². The predicted molar refractivity (Wildman–Crippen MR) is 541 cm³/mol. The number of nitro groups is 2. The van der Waals surface area contributed by atoms with Crippen molar-refractivity contribution in [2.75, 3.05) is 83.7 Å². The molecular formula is C89H106Cl5N19O20S5. The van der Waals surface area contributed by atoms with Crippen molar-refractivity contribution < 1.29 is 81.3 Å². The standard InChI is InChI=1S/C20H22N4O3S.2C12H11ClN2O.C8H10N2O4S.2C8H12N2O2S.C8H11NO3.C7H6ClNO4S.C4H2Cl2N2.CH5N.CH4/c1-3-27-19-10-5-4-9-17(19)18-12-20(23-14-22-18)24-16-8-6-7-15(11-16)13-28(25,26)21-2;2*1-2-16-11-6-4-3-5-9(11)10-7-12(13)15-8-14-10;1-9-15(13,14)6-7-3-2-4-8(5-7)10(11)12;2*1-10-13(11,12)6-7-3-2-4-8(9)5-7;1-2-12-8-6-4-3-5-7(8)9(10)11;8-14(12,13)5-6-2-1-3-7(4-6)9(10)11;5-3-1-4(6)8-2-7-3;1-2;/h4-12,14,21H,3,13H2,1-2H3,(H,22,23,24);2*3-8H,2H2,1H3;2-5,9H,6H2,1H3;2*2-5,10H,6,9H2,1H3;3-6,10-11H,2H2,1H3;1-4H,5H2;1-2H;2H2,1H3;1H4. The van der Waals surface area contributed by atoms with E-state index in [0.29, 0.717) is 97.8 Å². The topological polar surface area (TPSA) is 579 Å². The van der Waals surface area contributed by atoms with Gasteiger partial charge in [0.25, 0.3) is 11.4 Å². The minimum absolute atomic E-state index is 0. The molecule has 0 saturated carbocycles. The second-order valence-electron chi connectivity index (χ2n) is 26.6. The molecule has 0 aliphatic heterocycles. The van der Waals surface area contributed by atoms with Gasteiger partial charge in [-0.15, -0.1) is 5.23 Å². The fourth-order valence-corrected chi connectivity index (χ4v) is 15.4. The maximum atomic E-state index is 11.8. The zero-order chi connectivity index (χ0) is 102. The van der Waals surface area contributed by atoms with E-state index in [9.17, 15) is 62.3 Å². The van der Waals surface area contributed by atoms with E-state index in [1.807, 2.05) is 113 Å². The third-order valence-electron chi connectivity index (χ3n) is 16.7. The van der Waals surface area contributed by atoms with Crippen LogP contribution in [0, 0.1) is 20.2 Å². The molecule has 0 spiro atoms. The van der Waals surface area contributed by atoms with Crippen LogP contribution in [0.1, 0.15) is 62.9 Å². The number of nitrogens with one attached hydrogen (secondary N) is 5. The van der Waals surface area contributed by atoms with E-state index in [2.05, 4.69) is 69.8 Å². The minimum atomic E-state index is -3.67. The largest absolute Gasteiger partial charge is 0.493 e. The number of hydrogen-bond acceptors (Lipinski definition) is 33. The number of nitrogens with zero attached hydrogens (tertiary/aromatic N) is 11. The number of ether oxygens (including phenoxy) is 4. The molecule has 9 aromatic carbocycles. The molecule has 0 amide bonds. The van der Waals surface area contributed by atoms with Gasteiger partial charge >= 0.3 is 0 Å². The first-order valence-corrected chi connectivity index (χ1v) is 50.8.